The Labute approximate surface area is 103 Å². The van der Waals surface area contributed by atoms with Crippen LogP contribution in [0.4, 0.5) is 13.2 Å². The predicted octanol–water partition coefficient (Wildman–Crippen LogP) is 2.21. The Morgan fingerprint density at radius 2 is 1.72 bits per heavy atom. The van der Waals surface area contributed by atoms with Crippen molar-refractivity contribution in [2.75, 3.05) is 6.54 Å². The van der Waals surface area contributed by atoms with Crippen LogP contribution in [-0.2, 0) is 9.59 Å². The fourth-order valence-electron chi connectivity index (χ4n) is 1.55. The molecule has 1 amide bonds. The summed E-state index contributed by atoms with van der Waals surface area (Å²) in [5.74, 6) is -2.32. The molecule has 4 nitrogen and oxygen atoms in total. The summed E-state index contributed by atoms with van der Waals surface area (Å²) in [6.07, 6.45) is -2.58. The van der Waals surface area contributed by atoms with E-state index in [1.165, 1.54) is 0 Å². The minimum atomic E-state index is -4.50. The lowest BCUT2D eigenvalue weighted by atomic mass is 10.1. The summed E-state index contributed by atoms with van der Waals surface area (Å²) < 4.78 is 37.1. The lowest BCUT2D eigenvalue weighted by molar-refractivity contribution is -0.163. The summed E-state index contributed by atoms with van der Waals surface area (Å²) in [5, 5.41) is 8.35. The van der Waals surface area contributed by atoms with Crippen LogP contribution in [-0.4, -0.2) is 40.6 Å². The second kappa shape index (κ2) is 7.03. The van der Waals surface area contributed by atoms with E-state index in [-0.39, 0.29) is 0 Å². The maximum Gasteiger partial charge on any atom is 0.406 e. The third-order valence-electron chi connectivity index (χ3n) is 2.38. The van der Waals surface area contributed by atoms with Crippen molar-refractivity contribution >= 4 is 11.9 Å². The second-order valence-electron chi connectivity index (χ2n) is 3.72. The van der Waals surface area contributed by atoms with Crippen LogP contribution >= 0.6 is 0 Å². The Morgan fingerprint density at radius 3 is 2.06 bits per heavy atom. The van der Waals surface area contributed by atoms with Gasteiger partial charge in [0.15, 0.2) is 0 Å². The topological polar surface area (TPSA) is 57.6 Å². The van der Waals surface area contributed by atoms with Crippen molar-refractivity contribution in [1.29, 1.82) is 0 Å². The van der Waals surface area contributed by atoms with Crippen LogP contribution in [0.15, 0.2) is 12.2 Å². The third kappa shape index (κ3) is 6.27. The van der Waals surface area contributed by atoms with Gasteiger partial charge in [-0.1, -0.05) is 13.8 Å². The highest BCUT2D eigenvalue weighted by Gasteiger charge is 2.34. The summed E-state index contributed by atoms with van der Waals surface area (Å²) in [7, 11) is 0. The smallest absolute Gasteiger partial charge is 0.406 e. The molecule has 0 radical (unpaired) electrons. The minimum Gasteiger partial charge on any atom is -0.478 e. The van der Waals surface area contributed by atoms with Gasteiger partial charge in [-0.15, -0.1) is 0 Å². The number of rotatable bonds is 6. The molecule has 1 N–H and O–H groups in total. The number of hydrogen-bond acceptors (Lipinski definition) is 2. The van der Waals surface area contributed by atoms with E-state index in [0.717, 1.165) is 0 Å². The van der Waals surface area contributed by atoms with E-state index in [1.807, 2.05) is 0 Å². The Hall–Kier alpha value is -1.53. The van der Waals surface area contributed by atoms with E-state index in [0.29, 0.717) is 29.9 Å². The highest BCUT2D eigenvalue weighted by molar-refractivity contribution is 5.94. The first kappa shape index (κ1) is 16.5. The Balaban J connectivity index is 4.96. The molecule has 0 rings (SSSR count). The third-order valence-corrected chi connectivity index (χ3v) is 2.38. The predicted molar refractivity (Wildman–Crippen MR) is 58.9 cm³/mol. The molecular formula is C11H16F3NO3. The van der Waals surface area contributed by atoms with Crippen molar-refractivity contribution in [3.63, 3.8) is 0 Å². The number of aliphatic carboxylic acids is 1. The van der Waals surface area contributed by atoms with Crippen LogP contribution in [0, 0.1) is 0 Å². The monoisotopic (exact) mass is 267 g/mol. The minimum absolute atomic E-state index is 0.374. The van der Waals surface area contributed by atoms with Gasteiger partial charge in [-0.25, -0.2) is 4.79 Å². The van der Waals surface area contributed by atoms with Gasteiger partial charge in [0.05, 0.1) is 0 Å². The van der Waals surface area contributed by atoms with Crippen molar-refractivity contribution in [1.82, 2.24) is 4.90 Å². The van der Waals surface area contributed by atoms with Gasteiger partial charge in [0.1, 0.15) is 6.54 Å². The fraction of sp³-hybridized carbons (Fsp3) is 0.636. The molecule has 0 bridgehead atoms. The molecule has 0 aliphatic carbocycles. The SMILES string of the molecule is CCC(CC)N(CC(F)(F)F)C(=O)/C=C/C(=O)O. The standard InChI is InChI=1S/C11H16F3NO3/c1-3-8(4-2)15(7-11(12,13)14)9(16)5-6-10(17)18/h5-6,8H,3-4,7H2,1-2H3,(H,17,18)/b6-5+. The number of carboxylic acids is 1. The number of carboxylic acid groups (broad SMARTS) is 1. The number of carbonyl (C=O) groups is 2. The van der Waals surface area contributed by atoms with Crippen molar-refractivity contribution in [3.05, 3.63) is 12.2 Å². The fourth-order valence-corrected chi connectivity index (χ4v) is 1.55. The lowest BCUT2D eigenvalue weighted by Crippen LogP contribution is -2.44. The van der Waals surface area contributed by atoms with Crippen molar-refractivity contribution < 1.29 is 27.9 Å². The van der Waals surface area contributed by atoms with E-state index < -0.39 is 30.6 Å². The van der Waals surface area contributed by atoms with Gasteiger partial charge in [-0.3, -0.25) is 4.79 Å². The molecule has 7 heteroatoms. The average molecular weight is 267 g/mol. The summed E-state index contributed by atoms with van der Waals surface area (Å²) in [5.41, 5.74) is 0. The average Bonchev–Trinajstić information content (AvgIpc) is 2.24. The Kier molecular flexibility index (Phi) is 6.43. The lowest BCUT2D eigenvalue weighted by Gasteiger charge is -2.30. The summed E-state index contributed by atoms with van der Waals surface area (Å²) in [6, 6.07) is -0.558. The van der Waals surface area contributed by atoms with Crippen LogP contribution < -0.4 is 0 Å². The first-order valence-electron chi connectivity index (χ1n) is 5.49. The van der Waals surface area contributed by atoms with Crippen LogP contribution in [0.5, 0.6) is 0 Å². The van der Waals surface area contributed by atoms with Gasteiger partial charge in [-0.05, 0) is 12.8 Å². The normalized spacial score (nSPS) is 12.1. The molecule has 0 aliphatic rings. The second-order valence-corrected chi connectivity index (χ2v) is 3.72. The molecule has 0 saturated carbocycles. The van der Waals surface area contributed by atoms with E-state index in [1.54, 1.807) is 13.8 Å². The first-order chi connectivity index (χ1) is 8.21. The molecule has 0 aromatic rings. The molecule has 104 valence electrons. The van der Waals surface area contributed by atoms with Crippen LogP contribution in [0.2, 0.25) is 0 Å². The molecule has 0 unspecified atom stereocenters. The summed E-state index contributed by atoms with van der Waals surface area (Å²) in [4.78, 5) is 22.5. The number of carbonyl (C=O) groups excluding carboxylic acids is 1. The molecule has 0 aromatic carbocycles. The Bertz CT molecular complexity index is 322. The molecule has 0 spiro atoms. The van der Waals surface area contributed by atoms with Gasteiger partial charge >= 0.3 is 12.1 Å². The zero-order valence-corrected chi connectivity index (χ0v) is 10.2. The molecule has 18 heavy (non-hydrogen) atoms. The summed E-state index contributed by atoms with van der Waals surface area (Å²) >= 11 is 0. The van der Waals surface area contributed by atoms with Gasteiger partial charge < -0.3 is 10.0 Å². The molecule has 0 fully saturated rings. The van der Waals surface area contributed by atoms with Gasteiger partial charge in [0.25, 0.3) is 0 Å². The summed E-state index contributed by atoms with van der Waals surface area (Å²) in [6.45, 7) is 1.97. The number of amides is 1. The highest BCUT2D eigenvalue weighted by Crippen LogP contribution is 2.20. The number of hydrogen-bond donors (Lipinski definition) is 1. The van der Waals surface area contributed by atoms with Crippen molar-refractivity contribution in [2.24, 2.45) is 0 Å². The Morgan fingerprint density at radius 1 is 1.22 bits per heavy atom. The zero-order valence-electron chi connectivity index (χ0n) is 10.2. The number of alkyl halides is 3. The molecule has 0 atom stereocenters. The van der Waals surface area contributed by atoms with Crippen LogP contribution in [0.1, 0.15) is 26.7 Å². The van der Waals surface area contributed by atoms with Crippen molar-refractivity contribution in [2.45, 2.75) is 38.9 Å². The largest absolute Gasteiger partial charge is 0.478 e. The van der Waals surface area contributed by atoms with Crippen LogP contribution in [0.25, 0.3) is 0 Å². The quantitative estimate of drug-likeness (QED) is 0.751. The number of nitrogens with zero attached hydrogens (tertiary/aromatic N) is 1. The highest BCUT2D eigenvalue weighted by atomic mass is 19.4. The van der Waals surface area contributed by atoms with E-state index in [4.69, 9.17) is 5.11 Å². The molecule has 0 aromatic heterocycles. The molecule has 0 heterocycles. The first-order valence-corrected chi connectivity index (χ1v) is 5.49. The maximum absolute atomic E-state index is 12.4. The number of halogens is 3. The van der Waals surface area contributed by atoms with Crippen LogP contribution in [0.3, 0.4) is 0 Å². The van der Waals surface area contributed by atoms with E-state index in [9.17, 15) is 22.8 Å². The van der Waals surface area contributed by atoms with Gasteiger partial charge in [0.2, 0.25) is 5.91 Å². The van der Waals surface area contributed by atoms with Crippen molar-refractivity contribution in [3.8, 4) is 0 Å². The molecule has 0 aliphatic heterocycles. The maximum atomic E-state index is 12.4. The van der Waals surface area contributed by atoms with E-state index >= 15 is 0 Å². The molecular weight excluding hydrogens is 251 g/mol. The van der Waals surface area contributed by atoms with E-state index in [2.05, 4.69) is 0 Å². The van der Waals surface area contributed by atoms with Gasteiger partial charge in [-0.2, -0.15) is 13.2 Å². The molecule has 0 saturated heterocycles. The van der Waals surface area contributed by atoms with Gasteiger partial charge in [0, 0.05) is 18.2 Å². The zero-order chi connectivity index (χ0) is 14.3.